The fourth-order valence-corrected chi connectivity index (χ4v) is 2.32. The summed E-state index contributed by atoms with van der Waals surface area (Å²) in [6, 6.07) is 4.12. The Balaban J connectivity index is 2.12. The molecule has 1 unspecified atom stereocenters. The lowest BCUT2D eigenvalue weighted by molar-refractivity contribution is 0.452. The largest absolute Gasteiger partial charge is 0.310 e. The highest BCUT2D eigenvalue weighted by Crippen LogP contribution is 2.23. The Bertz CT molecular complexity index is 566. The minimum Gasteiger partial charge on any atom is -0.310 e. The van der Waals surface area contributed by atoms with E-state index in [1.54, 1.807) is 23.0 Å². The van der Waals surface area contributed by atoms with Gasteiger partial charge in [0.25, 0.3) is 0 Å². The van der Waals surface area contributed by atoms with Crippen molar-refractivity contribution < 1.29 is 8.78 Å². The molecule has 1 N–H and O–H groups in total. The van der Waals surface area contributed by atoms with Gasteiger partial charge in [0.15, 0.2) is 11.6 Å². The van der Waals surface area contributed by atoms with Gasteiger partial charge in [-0.15, -0.1) is 0 Å². The average molecular weight is 279 g/mol. The number of aryl methyl sites for hydroxylation is 2. The van der Waals surface area contributed by atoms with Gasteiger partial charge in [-0.3, -0.25) is 4.68 Å². The van der Waals surface area contributed by atoms with Crippen LogP contribution >= 0.6 is 0 Å². The normalized spacial score (nSPS) is 12.6. The third-order valence-corrected chi connectivity index (χ3v) is 3.29. The molecule has 2 aromatic rings. The number of benzene rings is 1. The number of nitrogens with zero attached hydrogens (tertiary/aromatic N) is 2. The maximum absolute atomic E-state index is 13.9. The molecular weight excluding hydrogens is 260 g/mol. The average Bonchev–Trinajstić information content (AvgIpc) is 2.84. The fraction of sp³-hybridized carbons (Fsp3) is 0.400. The predicted octanol–water partition coefficient (Wildman–Crippen LogP) is 2.98. The molecule has 0 aliphatic carbocycles. The van der Waals surface area contributed by atoms with Crippen LogP contribution in [0.2, 0.25) is 0 Å². The molecule has 0 saturated carbocycles. The number of halogens is 2. The number of hydrogen-bond acceptors (Lipinski definition) is 2. The Kier molecular flexibility index (Phi) is 4.84. The maximum atomic E-state index is 13.9. The van der Waals surface area contributed by atoms with Gasteiger partial charge in [-0.2, -0.15) is 5.10 Å². The Morgan fingerprint density at radius 3 is 2.80 bits per heavy atom. The summed E-state index contributed by atoms with van der Waals surface area (Å²) in [5.74, 6) is -1.56. The van der Waals surface area contributed by atoms with Crippen LogP contribution < -0.4 is 5.32 Å². The minimum absolute atomic E-state index is 0.198. The third-order valence-electron chi connectivity index (χ3n) is 3.29. The van der Waals surface area contributed by atoms with Gasteiger partial charge < -0.3 is 5.32 Å². The van der Waals surface area contributed by atoms with Gasteiger partial charge in [-0.25, -0.2) is 8.78 Å². The molecule has 0 amide bonds. The summed E-state index contributed by atoms with van der Waals surface area (Å²) in [5.41, 5.74) is 1.47. The van der Waals surface area contributed by atoms with Gasteiger partial charge in [0.05, 0.1) is 6.20 Å². The van der Waals surface area contributed by atoms with Crippen molar-refractivity contribution in [3.05, 3.63) is 53.4 Å². The summed E-state index contributed by atoms with van der Waals surface area (Å²) in [6.45, 7) is 2.65. The topological polar surface area (TPSA) is 29.9 Å². The third kappa shape index (κ3) is 3.42. The molecule has 1 heterocycles. The minimum atomic E-state index is -0.799. The van der Waals surface area contributed by atoms with Crippen LogP contribution in [0, 0.1) is 11.6 Å². The molecule has 0 aliphatic heterocycles. The van der Waals surface area contributed by atoms with Gasteiger partial charge in [0, 0.05) is 24.8 Å². The SMILES string of the molecule is CCNC(CCc1cnn(C)c1)c1cccc(F)c1F. The van der Waals surface area contributed by atoms with E-state index in [9.17, 15) is 8.78 Å². The lowest BCUT2D eigenvalue weighted by Gasteiger charge is -2.18. The standard InChI is InChI=1S/C15H19F2N3/c1-3-18-14(8-7-11-9-19-20(2)10-11)12-5-4-6-13(16)15(12)17/h4-6,9-10,14,18H,3,7-8H2,1-2H3. The van der Waals surface area contributed by atoms with Crippen molar-refractivity contribution in [3.63, 3.8) is 0 Å². The van der Waals surface area contributed by atoms with Crippen LogP contribution in [0.3, 0.4) is 0 Å². The monoisotopic (exact) mass is 279 g/mol. The van der Waals surface area contributed by atoms with Crippen LogP contribution in [0.5, 0.6) is 0 Å². The van der Waals surface area contributed by atoms with E-state index >= 15 is 0 Å². The number of hydrogen-bond donors (Lipinski definition) is 1. The zero-order chi connectivity index (χ0) is 14.5. The van der Waals surface area contributed by atoms with E-state index in [4.69, 9.17) is 0 Å². The molecule has 0 aliphatic rings. The molecule has 0 fully saturated rings. The first-order chi connectivity index (χ1) is 9.61. The summed E-state index contributed by atoms with van der Waals surface area (Å²) in [5, 5.41) is 7.32. The van der Waals surface area contributed by atoms with Gasteiger partial charge in [0.2, 0.25) is 0 Å². The summed E-state index contributed by atoms with van der Waals surface area (Å²) in [6.07, 6.45) is 5.19. The van der Waals surface area contributed by atoms with E-state index in [-0.39, 0.29) is 6.04 Å². The molecule has 108 valence electrons. The Morgan fingerprint density at radius 1 is 1.35 bits per heavy atom. The van der Waals surface area contributed by atoms with E-state index < -0.39 is 11.6 Å². The molecule has 20 heavy (non-hydrogen) atoms. The molecule has 1 aromatic carbocycles. The zero-order valence-corrected chi connectivity index (χ0v) is 11.7. The summed E-state index contributed by atoms with van der Waals surface area (Å²) < 4.78 is 28.9. The molecule has 0 radical (unpaired) electrons. The number of aromatic nitrogens is 2. The molecule has 5 heteroatoms. The van der Waals surface area contributed by atoms with Crippen molar-refractivity contribution >= 4 is 0 Å². The molecule has 0 spiro atoms. The lowest BCUT2D eigenvalue weighted by atomic mass is 9.99. The maximum Gasteiger partial charge on any atom is 0.163 e. The molecule has 0 bridgehead atoms. The van der Waals surface area contributed by atoms with Crippen LogP contribution in [-0.2, 0) is 13.5 Å². The van der Waals surface area contributed by atoms with Crippen LogP contribution in [0.4, 0.5) is 8.78 Å². The van der Waals surface area contributed by atoms with E-state index in [2.05, 4.69) is 10.4 Å². The van der Waals surface area contributed by atoms with Crippen LogP contribution in [0.1, 0.15) is 30.5 Å². The van der Waals surface area contributed by atoms with Crippen molar-refractivity contribution in [2.24, 2.45) is 7.05 Å². The first kappa shape index (κ1) is 14.7. The van der Waals surface area contributed by atoms with Crippen molar-refractivity contribution in [1.82, 2.24) is 15.1 Å². The Morgan fingerprint density at radius 2 is 2.15 bits per heavy atom. The van der Waals surface area contributed by atoms with E-state index in [0.29, 0.717) is 18.5 Å². The van der Waals surface area contributed by atoms with Crippen molar-refractivity contribution in [2.75, 3.05) is 6.54 Å². The van der Waals surface area contributed by atoms with Crippen LogP contribution in [0.15, 0.2) is 30.6 Å². The van der Waals surface area contributed by atoms with E-state index in [1.807, 2.05) is 20.2 Å². The first-order valence-electron chi connectivity index (χ1n) is 6.76. The first-order valence-corrected chi connectivity index (χ1v) is 6.76. The quantitative estimate of drug-likeness (QED) is 0.881. The number of nitrogens with one attached hydrogen (secondary N) is 1. The molecule has 3 nitrogen and oxygen atoms in total. The highest BCUT2D eigenvalue weighted by atomic mass is 19.2. The van der Waals surface area contributed by atoms with Gasteiger partial charge in [-0.1, -0.05) is 19.1 Å². The summed E-state index contributed by atoms with van der Waals surface area (Å²) in [4.78, 5) is 0. The second-order valence-corrected chi connectivity index (χ2v) is 4.81. The summed E-state index contributed by atoms with van der Waals surface area (Å²) in [7, 11) is 1.86. The Hall–Kier alpha value is -1.75. The van der Waals surface area contributed by atoms with E-state index in [1.165, 1.54) is 0 Å². The Labute approximate surface area is 117 Å². The van der Waals surface area contributed by atoms with Crippen molar-refractivity contribution in [3.8, 4) is 0 Å². The highest BCUT2D eigenvalue weighted by molar-refractivity contribution is 5.23. The molecule has 2 rings (SSSR count). The molecular formula is C15H19F2N3. The second-order valence-electron chi connectivity index (χ2n) is 4.81. The van der Waals surface area contributed by atoms with Gasteiger partial charge in [-0.05, 0) is 31.0 Å². The predicted molar refractivity (Wildman–Crippen MR) is 74.3 cm³/mol. The van der Waals surface area contributed by atoms with Crippen LogP contribution in [-0.4, -0.2) is 16.3 Å². The van der Waals surface area contributed by atoms with Crippen molar-refractivity contribution in [1.29, 1.82) is 0 Å². The van der Waals surface area contributed by atoms with Crippen LogP contribution in [0.25, 0.3) is 0 Å². The van der Waals surface area contributed by atoms with Gasteiger partial charge in [0.1, 0.15) is 0 Å². The zero-order valence-electron chi connectivity index (χ0n) is 11.7. The summed E-state index contributed by atoms with van der Waals surface area (Å²) >= 11 is 0. The number of rotatable bonds is 6. The van der Waals surface area contributed by atoms with Gasteiger partial charge >= 0.3 is 0 Å². The smallest absolute Gasteiger partial charge is 0.163 e. The van der Waals surface area contributed by atoms with Crippen molar-refractivity contribution in [2.45, 2.75) is 25.8 Å². The molecule has 0 saturated heterocycles. The molecule has 1 aromatic heterocycles. The highest BCUT2D eigenvalue weighted by Gasteiger charge is 2.17. The molecule has 1 atom stereocenters. The fourth-order valence-electron chi connectivity index (χ4n) is 2.32. The second kappa shape index (κ2) is 6.61. The van der Waals surface area contributed by atoms with E-state index in [0.717, 1.165) is 18.1 Å². The lowest BCUT2D eigenvalue weighted by Crippen LogP contribution is -2.22.